The van der Waals surface area contributed by atoms with Crippen LogP contribution in [-0.4, -0.2) is 21.6 Å². The van der Waals surface area contributed by atoms with Gasteiger partial charge in [-0.15, -0.1) is 0 Å². The van der Waals surface area contributed by atoms with Crippen LogP contribution in [0.25, 0.3) is 11.0 Å². The highest BCUT2D eigenvalue weighted by Gasteiger charge is 2.12. The topological polar surface area (TPSA) is 54.9 Å². The quantitative estimate of drug-likeness (QED) is 0.675. The Labute approximate surface area is 158 Å². The SMILES string of the molecule is Cc1ccc(C(C)NC(=O)CSc2nc3ccccc3nc2C)cc1C. The first-order valence-electron chi connectivity index (χ1n) is 8.66. The van der Waals surface area contributed by atoms with Crippen LogP contribution >= 0.6 is 11.8 Å². The zero-order valence-electron chi connectivity index (χ0n) is 15.5. The van der Waals surface area contributed by atoms with Crippen molar-refractivity contribution in [2.75, 3.05) is 5.75 Å². The molecular weight excluding hydrogens is 342 g/mol. The van der Waals surface area contributed by atoms with Gasteiger partial charge in [0.25, 0.3) is 0 Å². The number of nitrogens with zero attached hydrogens (tertiary/aromatic N) is 2. The smallest absolute Gasteiger partial charge is 0.230 e. The monoisotopic (exact) mass is 365 g/mol. The van der Waals surface area contributed by atoms with Crippen LogP contribution in [-0.2, 0) is 4.79 Å². The van der Waals surface area contributed by atoms with Gasteiger partial charge in [0.05, 0.1) is 28.5 Å². The second-order valence-corrected chi connectivity index (χ2v) is 7.49. The maximum absolute atomic E-state index is 12.3. The second-order valence-electron chi connectivity index (χ2n) is 6.52. The number of carbonyl (C=O) groups is 1. The maximum atomic E-state index is 12.3. The van der Waals surface area contributed by atoms with Gasteiger partial charge in [0, 0.05) is 0 Å². The van der Waals surface area contributed by atoms with Crippen molar-refractivity contribution in [3.05, 3.63) is 64.8 Å². The van der Waals surface area contributed by atoms with Crippen LogP contribution in [0.1, 0.15) is 35.3 Å². The van der Waals surface area contributed by atoms with E-state index in [4.69, 9.17) is 0 Å². The summed E-state index contributed by atoms with van der Waals surface area (Å²) in [7, 11) is 0. The molecule has 0 saturated heterocycles. The fraction of sp³-hybridized carbons (Fsp3) is 0.286. The third kappa shape index (κ3) is 4.22. The molecule has 134 valence electrons. The van der Waals surface area contributed by atoms with Gasteiger partial charge in [0.15, 0.2) is 0 Å². The van der Waals surface area contributed by atoms with Crippen LogP contribution in [0.3, 0.4) is 0 Å². The third-order valence-electron chi connectivity index (χ3n) is 4.45. The predicted octanol–water partition coefficient (Wildman–Crippen LogP) is 4.52. The van der Waals surface area contributed by atoms with E-state index in [0.717, 1.165) is 27.3 Å². The Balaban J connectivity index is 1.63. The Morgan fingerprint density at radius 1 is 1.04 bits per heavy atom. The van der Waals surface area contributed by atoms with Crippen molar-refractivity contribution in [2.24, 2.45) is 0 Å². The molecule has 0 radical (unpaired) electrons. The average Bonchev–Trinajstić information content (AvgIpc) is 2.62. The van der Waals surface area contributed by atoms with Gasteiger partial charge < -0.3 is 5.32 Å². The fourth-order valence-corrected chi connectivity index (χ4v) is 3.51. The van der Waals surface area contributed by atoms with Gasteiger partial charge in [-0.25, -0.2) is 9.97 Å². The van der Waals surface area contributed by atoms with Gasteiger partial charge >= 0.3 is 0 Å². The molecule has 1 N–H and O–H groups in total. The highest BCUT2D eigenvalue weighted by molar-refractivity contribution is 7.99. The summed E-state index contributed by atoms with van der Waals surface area (Å²) in [5, 5.41) is 3.87. The van der Waals surface area contributed by atoms with Crippen molar-refractivity contribution in [1.82, 2.24) is 15.3 Å². The zero-order valence-corrected chi connectivity index (χ0v) is 16.4. The molecule has 1 unspecified atom stereocenters. The van der Waals surface area contributed by atoms with E-state index in [-0.39, 0.29) is 11.9 Å². The normalized spacial score (nSPS) is 12.2. The lowest BCUT2D eigenvalue weighted by Crippen LogP contribution is -2.28. The van der Waals surface area contributed by atoms with E-state index in [1.54, 1.807) is 0 Å². The number of hydrogen-bond donors (Lipinski definition) is 1. The lowest BCUT2D eigenvalue weighted by molar-refractivity contribution is -0.119. The summed E-state index contributed by atoms with van der Waals surface area (Å²) in [6, 6.07) is 14.0. The van der Waals surface area contributed by atoms with Crippen LogP contribution in [0.4, 0.5) is 0 Å². The summed E-state index contributed by atoms with van der Waals surface area (Å²) < 4.78 is 0. The third-order valence-corrected chi connectivity index (χ3v) is 5.52. The van der Waals surface area contributed by atoms with E-state index < -0.39 is 0 Å². The van der Waals surface area contributed by atoms with Crippen LogP contribution in [0.5, 0.6) is 0 Å². The van der Waals surface area contributed by atoms with Crippen LogP contribution < -0.4 is 5.32 Å². The largest absolute Gasteiger partial charge is 0.349 e. The van der Waals surface area contributed by atoms with Crippen molar-refractivity contribution in [3.63, 3.8) is 0 Å². The van der Waals surface area contributed by atoms with Gasteiger partial charge in [-0.3, -0.25) is 4.79 Å². The summed E-state index contributed by atoms with van der Waals surface area (Å²) >= 11 is 1.43. The minimum atomic E-state index is -0.0221. The van der Waals surface area contributed by atoms with Crippen molar-refractivity contribution >= 4 is 28.7 Å². The number of aryl methyl sites for hydroxylation is 3. The number of nitrogens with one attached hydrogen (secondary N) is 1. The number of aromatic nitrogens is 2. The molecule has 5 heteroatoms. The molecule has 0 saturated carbocycles. The molecule has 4 nitrogen and oxygen atoms in total. The molecule has 3 aromatic rings. The van der Waals surface area contributed by atoms with Crippen LogP contribution in [0.15, 0.2) is 47.5 Å². The summed E-state index contributed by atoms with van der Waals surface area (Å²) in [6.07, 6.45) is 0. The number of hydrogen-bond acceptors (Lipinski definition) is 4. The molecule has 1 heterocycles. The molecular formula is C21H23N3OS. The molecule has 0 spiro atoms. The van der Waals surface area contributed by atoms with E-state index in [9.17, 15) is 4.79 Å². The van der Waals surface area contributed by atoms with E-state index in [1.165, 1.54) is 22.9 Å². The molecule has 0 aliphatic heterocycles. The van der Waals surface area contributed by atoms with Gasteiger partial charge in [-0.2, -0.15) is 0 Å². The van der Waals surface area contributed by atoms with E-state index in [2.05, 4.69) is 47.3 Å². The van der Waals surface area contributed by atoms with Crippen molar-refractivity contribution in [1.29, 1.82) is 0 Å². The number of benzene rings is 2. The highest BCUT2D eigenvalue weighted by atomic mass is 32.2. The minimum Gasteiger partial charge on any atom is -0.349 e. The van der Waals surface area contributed by atoms with Gasteiger partial charge in [0.1, 0.15) is 5.03 Å². The van der Waals surface area contributed by atoms with Crippen LogP contribution in [0.2, 0.25) is 0 Å². The Morgan fingerprint density at radius 3 is 2.42 bits per heavy atom. The van der Waals surface area contributed by atoms with Gasteiger partial charge in [-0.05, 0) is 56.5 Å². The van der Waals surface area contributed by atoms with E-state index >= 15 is 0 Å². The molecule has 1 atom stereocenters. The molecule has 2 aromatic carbocycles. The predicted molar refractivity (Wildman–Crippen MR) is 107 cm³/mol. The minimum absolute atomic E-state index is 0.00455. The number of fused-ring (bicyclic) bond motifs is 1. The number of carbonyl (C=O) groups excluding carboxylic acids is 1. The van der Waals surface area contributed by atoms with Crippen LogP contribution in [0, 0.1) is 20.8 Å². The van der Waals surface area contributed by atoms with Gasteiger partial charge in [0.2, 0.25) is 5.91 Å². The highest BCUT2D eigenvalue weighted by Crippen LogP contribution is 2.22. The number of para-hydroxylation sites is 2. The lowest BCUT2D eigenvalue weighted by Gasteiger charge is -2.15. The zero-order chi connectivity index (χ0) is 18.7. The lowest BCUT2D eigenvalue weighted by atomic mass is 10.0. The summed E-state index contributed by atoms with van der Waals surface area (Å²) in [4.78, 5) is 21.5. The molecule has 26 heavy (non-hydrogen) atoms. The first-order chi connectivity index (χ1) is 12.4. The molecule has 1 aromatic heterocycles. The molecule has 0 fully saturated rings. The molecule has 0 aliphatic rings. The van der Waals surface area contributed by atoms with E-state index in [1.807, 2.05) is 38.1 Å². The van der Waals surface area contributed by atoms with Gasteiger partial charge in [-0.1, -0.05) is 42.1 Å². The first kappa shape index (κ1) is 18.4. The molecule has 3 rings (SSSR count). The number of thioether (sulfide) groups is 1. The summed E-state index contributed by atoms with van der Waals surface area (Å²) in [6.45, 7) is 8.11. The summed E-state index contributed by atoms with van der Waals surface area (Å²) in [5.41, 5.74) is 6.19. The Bertz CT molecular complexity index is 955. The average molecular weight is 366 g/mol. The van der Waals surface area contributed by atoms with E-state index in [0.29, 0.717) is 5.75 Å². The fourth-order valence-electron chi connectivity index (χ4n) is 2.74. The van der Waals surface area contributed by atoms with Crippen molar-refractivity contribution in [3.8, 4) is 0 Å². The maximum Gasteiger partial charge on any atom is 0.230 e. The van der Waals surface area contributed by atoms with Crippen molar-refractivity contribution in [2.45, 2.75) is 38.8 Å². The molecule has 1 amide bonds. The number of rotatable bonds is 5. The molecule has 0 bridgehead atoms. The summed E-state index contributed by atoms with van der Waals surface area (Å²) in [5.74, 6) is 0.318. The Hall–Kier alpha value is -2.40. The Kier molecular flexibility index (Phi) is 5.57. The first-order valence-corrected chi connectivity index (χ1v) is 9.65. The second kappa shape index (κ2) is 7.87. The van der Waals surface area contributed by atoms with Crippen molar-refractivity contribution < 1.29 is 4.79 Å². The molecule has 0 aliphatic carbocycles. The number of amides is 1. The standard InChI is InChI=1S/C21H23N3OS/c1-13-9-10-17(11-14(13)2)15(3)23-20(25)12-26-21-16(4)22-18-7-5-6-8-19(18)24-21/h5-11,15H,12H2,1-4H3,(H,23,25). The Morgan fingerprint density at radius 2 is 1.73 bits per heavy atom.